The molecule has 0 aromatic heterocycles. The summed E-state index contributed by atoms with van der Waals surface area (Å²) in [5.41, 5.74) is 1.39. The van der Waals surface area contributed by atoms with Crippen LogP contribution in [0, 0.1) is 0 Å². The molecule has 1 aromatic carbocycles. The van der Waals surface area contributed by atoms with Gasteiger partial charge in [0.15, 0.2) is 5.96 Å². The van der Waals surface area contributed by atoms with Crippen LogP contribution in [-0.4, -0.2) is 54.6 Å². The molecule has 25 heavy (non-hydrogen) atoms. The molecular weight excluding hydrogens is 443 g/mol. The Hall–Kier alpha value is -0.470. The van der Waals surface area contributed by atoms with Gasteiger partial charge in [0.2, 0.25) is 0 Å². The van der Waals surface area contributed by atoms with Gasteiger partial charge in [-0.2, -0.15) is 11.8 Å². The van der Waals surface area contributed by atoms with Crippen molar-refractivity contribution < 1.29 is 0 Å². The zero-order chi connectivity index (χ0) is 17.2. The van der Waals surface area contributed by atoms with E-state index in [4.69, 9.17) is 4.99 Å². The van der Waals surface area contributed by atoms with E-state index in [2.05, 4.69) is 66.0 Å². The molecule has 0 radical (unpaired) electrons. The molecule has 0 saturated carbocycles. The fourth-order valence-electron chi connectivity index (χ4n) is 3.15. The number of thioether (sulfide) groups is 1. The minimum absolute atomic E-state index is 0. The van der Waals surface area contributed by atoms with Crippen molar-refractivity contribution in [3.63, 3.8) is 0 Å². The van der Waals surface area contributed by atoms with E-state index in [0.29, 0.717) is 12.1 Å². The number of hydrogen-bond acceptors (Lipinski definition) is 3. The van der Waals surface area contributed by atoms with Crippen LogP contribution in [-0.2, 0) is 6.54 Å². The highest BCUT2D eigenvalue weighted by molar-refractivity contribution is 14.0. The molecule has 1 saturated heterocycles. The molecule has 0 spiro atoms. The summed E-state index contributed by atoms with van der Waals surface area (Å²) in [4.78, 5) is 7.27. The zero-order valence-electron chi connectivity index (χ0n) is 15.7. The Kier molecular flexibility index (Phi) is 11.6. The number of halogens is 1. The van der Waals surface area contributed by atoms with Crippen LogP contribution >= 0.6 is 35.7 Å². The van der Waals surface area contributed by atoms with Crippen LogP contribution in [0.3, 0.4) is 0 Å². The molecule has 2 rings (SSSR count). The van der Waals surface area contributed by atoms with Crippen LogP contribution in [0.15, 0.2) is 35.3 Å². The Bertz CT molecular complexity index is 497. The van der Waals surface area contributed by atoms with Gasteiger partial charge in [-0.25, -0.2) is 0 Å². The van der Waals surface area contributed by atoms with Crippen molar-refractivity contribution in [2.45, 2.75) is 45.3 Å². The number of hydrogen-bond donors (Lipinski definition) is 2. The highest BCUT2D eigenvalue weighted by Gasteiger charge is 2.29. The van der Waals surface area contributed by atoms with E-state index < -0.39 is 0 Å². The van der Waals surface area contributed by atoms with E-state index in [0.717, 1.165) is 38.6 Å². The molecule has 2 atom stereocenters. The van der Waals surface area contributed by atoms with Crippen molar-refractivity contribution in [2.75, 3.05) is 31.6 Å². The van der Waals surface area contributed by atoms with E-state index in [1.165, 1.54) is 17.7 Å². The van der Waals surface area contributed by atoms with Gasteiger partial charge in [0, 0.05) is 38.3 Å². The smallest absolute Gasteiger partial charge is 0.191 e. The Morgan fingerprint density at radius 2 is 2.08 bits per heavy atom. The largest absolute Gasteiger partial charge is 0.357 e. The Balaban J connectivity index is 0.00000312. The minimum atomic E-state index is 0. The number of likely N-dealkylation sites (tertiary alicyclic amines) is 1. The third kappa shape index (κ3) is 8.17. The maximum atomic E-state index is 4.71. The van der Waals surface area contributed by atoms with E-state index in [1.807, 2.05) is 11.8 Å². The van der Waals surface area contributed by atoms with Crippen LogP contribution in [0.25, 0.3) is 0 Å². The molecule has 4 nitrogen and oxygen atoms in total. The first-order chi connectivity index (χ1) is 11.7. The molecule has 0 amide bonds. The summed E-state index contributed by atoms with van der Waals surface area (Å²) in [5, 5.41) is 7.01. The first kappa shape index (κ1) is 22.6. The molecule has 1 heterocycles. The number of guanidine groups is 1. The van der Waals surface area contributed by atoms with Gasteiger partial charge in [0.25, 0.3) is 0 Å². The lowest BCUT2D eigenvalue weighted by molar-refractivity contribution is 0.258. The van der Waals surface area contributed by atoms with Crippen molar-refractivity contribution in [1.82, 2.24) is 15.5 Å². The quantitative estimate of drug-likeness (QED) is 0.261. The van der Waals surface area contributed by atoms with Crippen LogP contribution in [0.4, 0.5) is 0 Å². The lowest BCUT2D eigenvalue weighted by Crippen LogP contribution is -2.44. The summed E-state index contributed by atoms with van der Waals surface area (Å²) < 4.78 is 0. The van der Waals surface area contributed by atoms with Crippen molar-refractivity contribution in [3.05, 3.63) is 35.9 Å². The number of rotatable bonds is 8. The third-order valence-electron chi connectivity index (χ3n) is 4.39. The molecular formula is C19H33IN4S. The summed E-state index contributed by atoms with van der Waals surface area (Å²) in [7, 11) is 0. The maximum absolute atomic E-state index is 4.71. The van der Waals surface area contributed by atoms with Crippen molar-refractivity contribution >= 4 is 41.7 Å². The van der Waals surface area contributed by atoms with Gasteiger partial charge in [0.05, 0.1) is 0 Å². The predicted octanol–water partition coefficient (Wildman–Crippen LogP) is 3.58. The lowest BCUT2D eigenvalue weighted by Gasteiger charge is -2.21. The fourth-order valence-corrected chi connectivity index (χ4v) is 3.57. The monoisotopic (exact) mass is 476 g/mol. The fraction of sp³-hybridized carbons (Fsp3) is 0.632. The second-order valence-corrected chi connectivity index (χ2v) is 7.43. The highest BCUT2D eigenvalue weighted by atomic mass is 127. The van der Waals surface area contributed by atoms with E-state index in [1.54, 1.807) is 0 Å². The van der Waals surface area contributed by atoms with Crippen molar-refractivity contribution in [2.24, 2.45) is 4.99 Å². The van der Waals surface area contributed by atoms with Gasteiger partial charge in [-0.15, -0.1) is 24.0 Å². The van der Waals surface area contributed by atoms with E-state index in [-0.39, 0.29) is 24.0 Å². The standard InChI is InChI=1S/C19H32N4S.HI/c1-4-20-19(21-11-8-12-24-3)22-18-13-16(2)23(15-18)14-17-9-6-5-7-10-17;/h5-7,9-10,16,18H,4,8,11-15H2,1-3H3,(H2,20,21,22);1H. The van der Waals surface area contributed by atoms with Crippen molar-refractivity contribution in [3.8, 4) is 0 Å². The molecule has 0 bridgehead atoms. The van der Waals surface area contributed by atoms with Crippen LogP contribution < -0.4 is 10.6 Å². The SMILES string of the molecule is CCNC(=NCCCSC)NC1CC(C)N(Cc2ccccc2)C1.I. The van der Waals surface area contributed by atoms with Gasteiger partial charge in [-0.05, 0) is 44.3 Å². The van der Waals surface area contributed by atoms with Gasteiger partial charge in [-0.3, -0.25) is 9.89 Å². The molecule has 0 aliphatic carbocycles. The van der Waals surface area contributed by atoms with E-state index in [9.17, 15) is 0 Å². The lowest BCUT2D eigenvalue weighted by atomic mass is 10.2. The average molecular weight is 476 g/mol. The second-order valence-electron chi connectivity index (χ2n) is 6.45. The van der Waals surface area contributed by atoms with Crippen molar-refractivity contribution in [1.29, 1.82) is 0 Å². The molecule has 1 aromatic rings. The zero-order valence-corrected chi connectivity index (χ0v) is 18.8. The first-order valence-electron chi connectivity index (χ1n) is 9.04. The Morgan fingerprint density at radius 3 is 2.76 bits per heavy atom. The van der Waals surface area contributed by atoms with E-state index >= 15 is 0 Å². The summed E-state index contributed by atoms with van der Waals surface area (Å²) in [6, 6.07) is 11.8. The first-order valence-corrected chi connectivity index (χ1v) is 10.4. The second kappa shape index (κ2) is 12.8. The molecule has 6 heteroatoms. The van der Waals surface area contributed by atoms with Gasteiger partial charge >= 0.3 is 0 Å². The minimum Gasteiger partial charge on any atom is -0.357 e. The normalized spacial score (nSPS) is 21.0. The topological polar surface area (TPSA) is 39.7 Å². The number of nitrogens with zero attached hydrogens (tertiary/aromatic N) is 2. The molecule has 2 unspecified atom stereocenters. The summed E-state index contributed by atoms with van der Waals surface area (Å²) in [6.07, 6.45) is 4.45. The number of benzene rings is 1. The van der Waals surface area contributed by atoms with Crippen LogP contribution in [0.1, 0.15) is 32.3 Å². The third-order valence-corrected chi connectivity index (χ3v) is 5.09. The molecule has 1 aliphatic heterocycles. The van der Waals surface area contributed by atoms with Crippen LogP contribution in [0.2, 0.25) is 0 Å². The number of aliphatic imine (C=N–C) groups is 1. The molecule has 2 N–H and O–H groups in total. The number of nitrogens with one attached hydrogen (secondary N) is 2. The Labute approximate surface area is 174 Å². The van der Waals surface area contributed by atoms with Crippen LogP contribution in [0.5, 0.6) is 0 Å². The molecule has 1 aliphatic rings. The Morgan fingerprint density at radius 1 is 1.32 bits per heavy atom. The average Bonchev–Trinajstić information content (AvgIpc) is 2.92. The summed E-state index contributed by atoms with van der Waals surface area (Å²) in [6.45, 7) is 8.36. The van der Waals surface area contributed by atoms with Gasteiger partial charge in [-0.1, -0.05) is 30.3 Å². The summed E-state index contributed by atoms with van der Waals surface area (Å²) >= 11 is 1.88. The summed E-state index contributed by atoms with van der Waals surface area (Å²) in [5.74, 6) is 2.14. The van der Waals surface area contributed by atoms with Gasteiger partial charge < -0.3 is 10.6 Å². The highest BCUT2D eigenvalue weighted by Crippen LogP contribution is 2.20. The molecule has 1 fully saturated rings. The van der Waals surface area contributed by atoms with Gasteiger partial charge in [0.1, 0.15) is 0 Å². The predicted molar refractivity (Wildman–Crippen MR) is 122 cm³/mol. The molecule has 142 valence electrons. The maximum Gasteiger partial charge on any atom is 0.191 e.